The quantitative estimate of drug-likeness (QED) is 0.690. The van der Waals surface area contributed by atoms with Crippen molar-refractivity contribution in [2.45, 2.75) is 38.2 Å². The molecule has 0 aromatic rings. The molecule has 0 aromatic carbocycles. The molecule has 2 aliphatic rings. The van der Waals surface area contributed by atoms with Crippen molar-refractivity contribution in [2.75, 3.05) is 26.3 Å². The highest BCUT2D eigenvalue weighted by Gasteiger charge is 2.33. The summed E-state index contributed by atoms with van der Waals surface area (Å²) in [5.41, 5.74) is -0.160. The van der Waals surface area contributed by atoms with Crippen LogP contribution in [0.5, 0.6) is 0 Å². The Hall–Kier alpha value is -0.610. The fraction of sp³-hybridized carbons (Fsp3) is 0.917. The molecule has 1 N–H and O–H groups in total. The van der Waals surface area contributed by atoms with Gasteiger partial charge in [0.25, 0.3) is 0 Å². The van der Waals surface area contributed by atoms with Crippen LogP contribution in [0.15, 0.2) is 0 Å². The van der Waals surface area contributed by atoms with Crippen LogP contribution in [0.3, 0.4) is 0 Å². The molecule has 4 heteroatoms. The van der Waals surface area contributed by atoms with Gasteiger partial charge in [-0.15, -0.1) is 0 Å². The zero-order chi connectivity index (χ0) is 11.4. The lowest BCUT2D eigenvalue weighted by Crippen LogP contribution is -2.59. The standard InChI is InChI=1S/C12H21NO3/c1-12(8-13-9-12)16-7-11(14)15-6-5-10-3-2-4-10/h10,13H,2-9H2,1H3. The summed E-state index contributed by atoms with van der Waals surface area (Å²) < 4.78 is 10.6. The number of ether oxygens (including phenoxy) is 2. The molecule has 0 amide bonds. The van der Waals surface area contributed by atoms with Crippen LogP contribution in [0, 0.1) is 5.92 Å². The maximum Gasteiger partial charge on any atom is 0.332 e. The van der Waals surface area contributed by atoms with Gasteiger partial charge in [-0.05, 0) is 19.3 Å². The Morgan fingerprint density at radius 1 is 1.44 bits per heavy atom. The molecule has 1 saturated carbocycles. The second-order valence-electron chi connectivity index (χ2n) is 5.15. The molecule has 2 rings (SSSR count). The van der Waals surface area contributed by atoms with Crippen molar-refractivity contribution in [1.82, 2.24) is 5.32 Å². The third kappa shape index (κ3) is 3.19. The Morgan fingerprint density at radius 3 is 2.69 bits per heavy atom. The molecule has 0 unspecified atom stereocenters. The van der Waals surface area contributed by atoms with Gasteiger partial charge in [-0.1, -0.05) is 19.3 Å². The van der Waals surface area contributed by atoms with Crippen molar-refractivity contribution in [3.05, 3.63) is 0 Å². The molecular formula is C12H21NO3. The number of hydrogen-bond donors (Lipinski definition) is 1. The highest BCUT2D eigenvalue weighted by molar-refractivity contribution is 5.70. The number of carbonyl (C=O) groups excluding carboxylic acids is 1. The first-order chi connectivity index (χ1) is 7.68. The van der Waals surface area contributed by atoms with E-state index in [4.69, 9.17) is 9.47 Å². The maximum atomic E-state index is 11.3. The van der Waals surface area contributed by atoms with Gasteiger partial charge < -0.3 is 14.8 Å². The first-order valence-corrected chi connectivity index (χ1v) is 6.18. The van der Waals surface area contributed by atoms with Gasteiger partial charge in [-0.25, -0.2) is 4.79 Å². The average molecular weight is 227 g/mol. The average Bonchev–Trinajstić information content (AvgIpc) is 2.16. The molecule has 16 heavy (non-hydrogen) atoms. The normalized spacial score (nSPS) is 23.3. The predicted molar refractivity (Wildman–Crippen MR) is 60.1 cm³/mol. The molecule has 0 atom stereocenters. The van der Waals surface area contributed by atoms with Gasteiger partial charge in [0.1, 0.15) is 6.61 Å². The zero-order valence-electron chi connectivity index (χ0n) is 9.96. The Balaban J connectivity index is 1.50. The Labute approximate surface area is 96.7 Å². The lowest BCUT2D eigenvalue weighted by molar-refractivity contribution is -0.158. The number of hydrogen-bond acceptors (Lipinski definition) is 4. The maximum absolute atomic E-state index is 11.3. The van der Waals surface area contributed by atoms with Crippen LogP contribution in [0.2, 0.25) is 0 Å². The summed E-state index contributed by atoms with van der Waals surface area (Å²) in [6, 6.07) is 0. The van der Waals surface area contributed by atoms with Gasteiger partial charge >= 0.3 is 5.97 Å². The Morgan fingerprint density at radius 2 is 2.19 bits per heavy atom. The Bertz CT molecular complexity index is 247. The third-order valence-corrected chi connectivity index (χ3v) is 3.55. The van der Waals surface area contributed by atoms with Crippen LogP contribution in [0.1, 0.15) is 32.6 Å². The van der Waals surface area contributed by atoms with E-state index in [1.54, 1.807) is 0 Å². The predicted octanol–water partition coefficient (Wildman–Crippen LogP) is 1.10. The minimum absolute atomic E-state index is 0.0862. The number of nitrogens with one attached hydrogen (secondary N) is 1. The van der Waals surface area contributed by atoms with Crippen LogP contribution >= 0.6 is 0 Å². The Kier molecular flexibility index (Phi) is 3.82. The second-order valence-corrected chi connectivity index (χ2v) is 5.15. The molecule has 0 bridgehead atoms. The second kappa shape index (κ2) is 5.15. The molecule has 92 valence electrons. The zero-order valence-corrected chi connectivity index (χ0v) is 9.96. The van der Waals surface area contributed by atoms with E-state index < -0.39 is 0 Å². The molecule has 4 nitrogen and oxygen atoms in total. The third-order valence-electron chi connectivity index (χ3n) is 3.55. The van der Waals surface area contributed by atoms with E-state index >= 15 is 0 Å². The fourth-order valence-corrected chi connectivity index (χ4v) is 1.97. The summed E-state index contributed by atoms with van der Waals surface area (Å²) in [5.74, 6) is 0.564. The highest BCUT2D eigenvalue weighted by Crippen LogP contribution is 2.29. The van der Waals surface area contributed by atoms with Gasteiger partial charge in [-0.3, -0.25) is 0 Å². The minimum Gasteiger partial charge on any atom is -0.464 e. The highest BCUT2D eigenvalue weighted by atomic mass is 16.6. The van der Waals surface area contributed by atoms with E-state index in [-0.39, 0.29) is 18.2 Å². The van der Waals surface area contributed by atoms with Crippen molar-refractivity contribution in [1.29, 1.82) is 0 Å². The number of esters is 1. The SMILES string of the molecule is CC1(OCC(=O)OCCC2CCC2)CNC1. The summed E-state index contributed by atoms with van der Waals surface area (Å²) in [6.07, 6.45) is 4.97. The molecule has 0 aromatic heterocycles. The molecule has 0 spiro atoms. The lowest BCUT2D eigenvalue weighted by atomic mass is 9.83. The van der Waals surface area contributed by atoms with E-state index in [1.165, 1.54) is 19.3 Å². The smallest absolute Gasteiger partial charge is 0.332 e. The van der Waals surface area contributed by atoms with Crippen LogP contribution in [-0.4, -0.2) is 37.9 Å². The first-order valence-electron chi connectivity index (χ1n) is 6.18. The van der Waals surface area contributed by atoms with Crippen molar-refractivity contribution in [3.8, 4) is 0 Å². The van der Waals surface area contributed by atoms with Crippen LogP contribution < -0.4 is 5.32 Å². The summed E-state index contributed by atoms with van der Waals surface area (Å²) >= 11 is 0. The number of rotatable bonds is 6. The van der Waals surface area contributed by atoms with Crippen molar-refractivity contribution in [2.24, 2.45) is 5.92 Å². The lowest BCUT2D eigenvalue weighted by Gasteiger charge is -2.38. The molecular weight excluding hydrogens is 206 g/mol. The topological polar surface area (TPSA) is 47.6 Å². The van der Waals surface area contributed by atoms with Gasteiger partial charge in [0.15, 0.2) is 0 Å². The largest absolute Gasteiger partial charge is 0.464 e. The van der Waals surface area contributed by atoms with Crippen molar-refractivity contribution < 1.29 is 14.3 Å². The van der Waals surface area contributed by atoms with E-state index in [0.717, 1.165) is 25.4 Å². The van der Waals surface area contributed by atoms with Gasteiger partial charge in [0.2, 0.25) is 0 Å². The first kappa shape index (κ1) is 11.9. The van der Waals surface area contributed by atoms with Gasteiger partial charge in [0, 0.05) is 13.1 Å². The minimum atomic E-state index is -0.229. The van der Waals surface area contributed by atoms with Crippen LogP contribution in [0.25, 0.3) is 0 Å². The van der Waals surface area contributed by atoms with Crippen LogP contribution in [0.4, 0.5) is 0 Å². The summed E-state index contributed by atoms with van der Waals surface area (Å²) in [7, 11) is 0. The molecule has 0 radical (unpaired) electrons. The van der Waals surface area contributed by atoms with Crippen molar-refractivity contribution in [3.63, 3.8) is 0 Å². The molecule has 1 aliphatic heterocycles. The summed E-state index contributed by atoms with van der Waals surface area (Å²) in [4.78, 5) is 11.3. The van der Waals surface area contributed by atoms with E-state index in [1.807, 2.05) is 6.92 Å². The number of carbonyl (C=O) groups is 1. The summed E-state index contributed by atoms with van der Waals surface area (Å²) in [6.45, 7) is 4.29. The van der Waals surface area contributed by atoms with E-state index in [2.05, 4.69) is 5.32 Å². The fourth-order valence-electron chi connectivity index (χ4n) is 1.97. The monoisotopic (exact) mass is 227 g/mol. The summed E-state index contributed by atoms with van der Waals surface area (Å²) in [5, 5.41) is 3.12. The van der Waals surface area contributed by atoms with E-state index in [0.29, 0.717) is 6.61 Å². The van der Waals surface area contributed by atoms with Crippen molar-refractivity contribution >= 4 is 5.97 Å². The molecule has 1 saturated heterocycles. The molecule has 1 aliphatic carbocycles. The molecule has 1 heterocycles. The van der Waals surface area contributed by atoms with Gasteiger partial charge in [-0.2, -0.15) is 0 Å². The molecule has 2 fully saturated rings. The van der Waals surface area contributed by atoms with E-state index in [9.17, 15) is 4.79 Å². The van der Waals surface area contributed by atoms with Gasteiger partial charge in [0.05, 0.1) is 12.2 Å². The van der Waals surface area contributed by atoms with Crippen LogP contribution in [-0.2, 0) is 14.3 Å².